The fourth-order valence-electron chi connectivity index (χ4n) is 0.624. The standard InChI is InChI=1S/C9H21NSi/c1-9(2)8-10-6-7-11(3,4)5/h6,9H,7-8H2,1-5H3. The van der Waals surface area contributed by atoms with Crippen molar-refractivity contribution >= 4 is 14.3 Å². The first-order valence-corrected chi connectivity index (χ1v) is 8.11. The molecule has 0 aromatic rings. The molecule has 2 heteroatoms. The van der Waals surface area contributed by atoms with Gasteiger partial charge in [-0.1, -0.05) is 33.5 Å². The van der Waals surface area contributed by atoms with E-state index >= 15 is 0 Å². The van der Waals surface area contributed by atoms with Crippen molar-refractivity contribution in [3.8, 4) is 0 Å². The minimum Gasteiger partial charge on any atom is -0.298 e. The SMILES string of the molecule is CC(C)CN=CC[Si](C)(C)C. The van der Waals surface area contributed by atoms with E-state index in [4.69, 9.17) is 0 Å². The predicted octanol–water partition coefficient (Wildman–Crippen LogP) is 3.05. The zero-order valence-corrected chi connectivity index (χ0v) is 9.52. The molecule has 0 N–H and O–H groups in total. The van der Waals surface area contributed by atoms with Crippen LogP contribution < -0.4 is 0 Å². The van der Waals surface area contributed by atoms with Crippen molar-refractivity contribution in [1.82, 2.24) is 0 Å². The molecule has 0 aliphatic carbocycles. The van der Waals surface area contributed by atoms with Crippen molar-refractivity contribution in [3.05, 3.63) is 0 Å². The second-order valence-electron chi connectivity index (χ2n) is 4.71. The van der Waals surface area contributed by atoms with E-state index in [1.54, 1.807) is 0 Å². The Morgan fingerprint density at radius 3 is 2.18 bits per heavy atom. The summed E-state index contributed by atoms with van der Waals surface area (Å²) in [7, 11) is -0.879. The van der Waals surface area contributed by atoms with Gasteiger partial charge in [0.25, 0.3) is 0 Å². The monoisotopic (exact) mass is 171 g/mol. The Labute approximate surface area is 71.9 Å². The maximum Gasteiger partial charge on any atom is 0.0498 e. The van der Waals surface area contributed by atoms with Crippen molar-refractivity contribution < 1.29 is 0 Å². The zero-order valence-electron chi connectivity index (χ0n) is 8.52. The first kappa shape index (κ1) is 10.9. The fourth-order valence-corrected chi connectivity index (χ4v) is 1.30. The molecular formula is C9H21NSi. The van der Waals surface area contributed by atoms with Crippen LogP contribution in [0.3, 0.4) is 0 Å². The molecule has 66 valence electrons. The van der Waals surface area contributed by atoms with E-state index in [0.717, 1.165) is 6.54 Å². The van der Waals surface area contributed by atoms with Gasteiger partial charge in [0.2, 0.25) is 0 Å². The molecule has 0 fully saturated rings. The van der Waals surface area contributed by atoms with Crippen molar-refractivity contribution in [2.24, 2.45) is 10.9 Å². The average molecular weight is 171 g/mol. The van der Waals surface area contributed by atoms with E-state index in [0.29, 0.717) is 5.92 Å². The Kier molecular flexibility index (Phi) is 4.65. The van der Waals surface area contributed by atoms with E-state index in [1.165, 1.54) is 6.04 Å². The van der Waals surface area contributed by atoms with Crippen LogP contribution in [0.2, 0.25) is 25.7 Å². The average Bonchev–Trinajstić information content (AvgIpc) is 1.78. The number of hydrogen-bond acceptors (Lipinski definition) is 1. The summed E-state index contributed by atoms with van der Waals surface area (Å²) in [5.74, 6) is 0.702. The summed E-state index contributed by atoms with van der Waals surface area (Å²) in [4.78, 5) is 4.37. The maximum absolute atomic E-state index is 4.37. The van der Waals surface area contributed by atoms with Gasteiger partial charge in [-0.15, -0.1) is 0 Å². The van der Waals surface area contributed by atoms with Gasteiger partial charge < -0.3 is 0 Å². The summed E-state index contributed by atoms with van der Waals surface area (Å²) in [5, 5.41) is 0. The largest absolute Gasteiger partial charge is 0.298 e. The lowest BCUT2D eigenvalue weighted by Crippen LogP contribution is -2.19. The van der Waals surface area contributed by atoms with Crippen LogP contribution >= 0.6 is 0 Å². The molecule has 0 unspecified atom stereocenters. The third-order valence-corrected chi connectivity index (χ3v) is 2.71. The molecule has 11 heavy (non-hydrogen) atoms. The predicted molar refractivity (Wildman–Crippen MR) is 56.4 cm³/mol. The molecule has 0 saturated heterocycles. The van der Waals surface area contributed by atoms with Crippen molar-refractivity contribution in [3.63, 3.8) is 0 Å². The molecule has 0 atom stereocenters. The first-order valence-electron chi connectivity index (χ1n) is 4.40. The van der Waals surface area contributed by atoms with Gasteiger partial charge in [0.05, 0.1) is 0 Å². The number of hydrogen-bond donors (Lipinski definition) is 0. The van der Waals surface area contributed by atoms with Crippen LogP contribution in [0.5, 0.6) is 0 Å². The van der Waals surface area contributed by atoms with Gasteiger partial charge in [-0.05, 0) is 18.2 Å². The summed E-state index contributed by atoms with van der Waals surface area (Å²) in [5.41, 5.74) is 0. The van der Waals surface area contributed by atoms with Crippen molar-refractivity contribution in [2.45, 2.75) is 39.5 Å². The zero-order chi connectivity index (χ0) is 8.91. The van der Waals surface area contributed by atoms with Gasteiger partial charge in [-0.25, -0.2) is 0 Å². The molecule has 0 aromatic carbocycles. The normalized spacial score (nSPS) is 13.3. The third-order valence-electron chi connectivity index (χ3n) is 1.30. The van der Waals surface area contributed by atoms with Crippen molar-refractivity contribution in [2.75, 3.05) is 6.54 Å². The molecule has 0 saturated carbocycles. The van der Waals surface area contributed by atoms with Crippen LogP contribution in [-0.2, 0) is 0 Å². The minimum absolute atomic E-state index is 0.702. The minimum atomic E-state index is -0.879. The molecule has 0 aliphatic rings. The molecular weight excluding hydrogens is 150 g/mol. The van der Waals surface area contributed by atoms with Gasteiger partial charge in [0.15, 0.2) is 0 Å². The highest BCUT2D eigenvalue weighted by molar-refractivity contribution is 6.78. The highest BCUT2D eigenvalue weighted by atomic mass is 28.3. The van der Waals surface area contributed by atoms with E-state index in [1.807, 2.05) is 0 Å². The second-order valence-corrected chi connectivity index (χ2v) is 10.2. The number of aliphatic imine (C=N–C) groups is 1. The lowest BCUT2D eigenvalue weighted by molar-refractivity contribution is 0.667. The van der Waals surface area contributed by atoms with Crippen LogP contribution in [-0.4, -0.2) is 20.8 Å². The first-order chi connectivity index (χ1) is 4.92. The quantitative estimate of drug-likeness (QED) is 0.455. The Hall–Kier alpha value is -0.113. The second kappa shape index (κ2) is 4.70. The van der Waals surface area contributed by atoms with Gasteiger partial charge in [0.1, 0.15) is 0 Å². The highest BCUT2D eigenvalue weighted by Gasteiger charge is 2.09. The van der Waals surface area contributed by atoms with Crippen molar-refractivity contribution in [1.29, 1.82) is 0 Å². The van der Waals surface area contributed by atoms with Gasteiger partial charge in [-0.2, -0.15) is 0 Å². The molecule has 0 bridgehead atoms. The number of nitrogens with zero attached hydrogens (tertiary/aromatic N) is 1. The van der Waals surface area contributed by atoms with Crippen LogP contribution in [0.4, 0.5) is 0 Å². The Morgan fingerprint density at radius 1 is 1.27 bits per heavy atom. The molecule has 0 amide bonds. The molecule has 0 aromatic heterocycles. The molecule has 0 rings (SSSR count). The molecule has 0 spiro atoms. The smallest absolute Gasteiger partial charge is 0.0498 e. The maximum atomic E-state index is 4.37. The molecule has 0 aliphatic heterocycles. The van der Waals surface area contributed by atoms with E-state index in [2.05, 4.69) is 44.7 Å². The van der Waals surface area contributed by atoms with Crippen LogP contribution in [0.15, 0.2) is 4.99 Å². The lowest BCUT2D eigenvalue weighted by Gasteiger charge is -2.11. The molecule has 0 radical (unpaired) electrons. The molecule has 0 heterocycles. The fraction of sp³-hybridized carbons (Fsp3) is 0.889. The van der Waals surface area contributed by atoms with Crippen LogP contribution in [0.25, 0.3) is 0 Å². The van der Waals surface area contributed by atoms with Gasteiger partial charge in [0, 0.05) is 14.6 Å². The summed E-state index contributed by atoms with van der Waals surface area (Å²) < 4.78 is 0. The Morgan fingerprint density at radius 2 is 1.82 bits per heavy atom. The molecule has 1 nitrogen and oxygen atoms in total. The number of rotatable bonds is 4. The van der Waals surface area contributed by atoms with E-state index in [9.17, 15) is 0 Å². The van der Waals surface area contributed by atoms with Crippen LogP contribution in [0.1, 0.15) is 13.8 Å². The Bertz CT molecular complexity index is 122. The summed E-state index contributed by atoms with van der Waals surface area (Å²) >= 11 is 0. The van der Waals surface area contributed by atoms with Gasteiger partial charge in [-0.3, -0.25) is 4.99 Å². The van der Waals surface area contributed by atoms with E-state index in [-0.39, 0.29) is 0 Å². The topological polar surface area (TPSA) is 12.4 Å². The van der Waals surface area contributed by atoms with Crippen LogP contribution in [0, 0.1) is 5.92 Å². The summed E-state index contributed by atoms with van der Waals surface area (Å²) in [6.07, 6.45) is 2.12. The van der Waals surface area contributed by atoms with E-state index < -0.39 is 8.07 Å². The third kappa shape index (κ3) is 9.89. The summed E-state index contributed by atoms with van der Waals surface area (Å²) in [6.45, 7) is 12.5. The summed E-state index contributed by atoms with van der Waals surface area (Å²) in [6, 6.07) is 1.22. The van der Waals surface area contributed by atoms with Gasteiger partial charge >= 0.3 is 0 Å². The Balaban J connectivity index is 3.46. The lowest BCUT2D eigenvalue weighted by atomic mass is 10.2. The highest BCUT2D eigenvalue weighted by Crippen LogP contribution is 2.05.